The highest BCUT2D eigenvalue weighted by Gasteiger charge is 2.46. The lowest BCUT2D eigenvalue weighted by Gasteiger charge is -2.27. The van der Waals surface area contributed by atoms with Crippen molar-refractivity contribution in [3.8, 4) is 0 Å². The second-order valence-electron chi connectivity index (χ2n) is 3.45. The van der Waals surface area contributed by atoms with Crippen LogP contribution in [0.25, 0.3) is 0 Å². The van der Waals surface area contributed by atoms with Crippen LogP contribution in [0.3, 0.4) is 0 Å². The van der Waals surface area contributed by atoms with Gasteiger partial charge in [-0.1, -0.05) is 65.5 Å². The molecule has 0 aromatic heterocycles. The van der Waals surface area contributed by atoms with Crippen LogP contribution >= 0.6 is 45.2 Å². The van der Waals surface area contributed by atoms with Gasteiger partial charge in [-0.15, -0.1) is 0 Å². The van der Waals surface area contributed by atoms with E-state index in [2.05, 4.69) is 0 Å². The molecule has 2 atom stereocenters. The standard InChI is InChI=1S/C10H16I2O4/c1-3-5-10(12,7(11)8(13)14)9(15)16-6-4-2/h7H,3-6H2,1-2H3,(H,13,14). The number of hydrogen-bond acceptors (Lipinski definition) is 3. The van der Waals surface area contributed by atoms with Gasteiger partial charge < -0.3 is 9.84 Å². The fourth-order valence-corrected chi connectivity index (χ4v) is 2.73. The number of carboxylic acids is 1. The van der Waals surface area contributed by atoms with Crippen molar-refractivity contribution in [3.63, 3.8) is 0 Å². The van der Waals surface area contributed by atoms with E-state index >= 15 is 0 Å². The topological polar surface area (TPSA) is 63.6 Å². The predicted molar refractivity (Wildman–Crippen MR) is 78.4 cm³/mol. The molecule has 0 saturated heterocycles. The predicted octanol–water partition coefficient (Wildman–Crippen LogP) is 2.80. The summed E-state index contributed by atoms with van der Waals surface area (Å²) in [7, 11) is 0. The van der Waals surface area contributed by atoms with Crippen molar-refractivity contribution in [2.45, 2.75) is 40.5 Å². The summed E-state index contributed by atoms with van der Waals surface area (Å²) >= 11 is 3.71. The van der Waals surface area contributed by atoms with Gasteiger partial charge in [0, 0.05) is 0 Å². The Kier molecular flexibility index (Phi) is 7.87. The Morgan fingerprint density at radius 3 is 2.31 bits per heavy atom. The minimum absolute atomic E-state index is 0.344. The van der Waals surface area contributed by atoms with Crippen molar-refractivity contribution in [2.24, 2.45) is 0 Å². The van der Waals surface area contributed by atoms with Gasteiger partial charge in [0.25, 0.3) is 0 Å². The summed E-state index contributed by atoms with van der Waals surface area (Å²) in [5, 5.41) is 9.00. The van der Waals surface area contributed by atoms with Crippen molar-refractivity contribution >= 4 is 57.1 Å². The van der Waals surface area contributed by atoms with Gasteiger partial charge in [-0.3, -0.25) is 9.59 Å². The van der Waals surface area contributed by atoms with Crippen LogP contribution in [-0.2, 0) is 14.3 Å². The third-order valence-corrected chi connectivity index (χ3v) is 6.40. The number of halogens is 2. The smallest absolute Gasteiger partial charge is 0.323 e. The zero-order chi connectivity index (χ0) is 12.8. The van der Waals surface area contributed by atoms with E-state index in [0.29, 0.717) is 13.0 Å². The first-order chi connectivity index (χ1) is 7.40. The molecule has 0 heterocycles. The highest BCUT2D eigenvalue weighted by molar-refractivity contribution is 14.1. The number of rotatable bonds is 7. The number of hydrogen-bond donors (Lipinski definition) is 1. The Morgan fingerprint density at radius 1 is 1.38 bits per heavy atom. The molecule has 16 heavy (non-hydrogen) atoms. The van der Waals surface area contributed by atoms with Crippen molar-refractivity contribution in [3.05, 3.63) is 0 Å². The lowest BCUT2D eigenvalue weighted by atomic mass is 10.00. The molecule has 4 nitrogen and oxygen atoms in total. The molecule has 0 aromatic rings. The summed E-state index contributed by atoms with van der Waals surface area (Å²) in [4.78, 5) is 22.8. The summed E-state index contributed by atoms with van der Waals surface area (Å²) in [6.07, 6.45) is 2.00. The van der Waals surface area contributed by atoms with Crippen LogP contribution in [0, 0.1) is 0 Å². The Labute approximate surface area is 123 Å². The largest absolute Gasteiger partial charge is 0.480 e. The molecule has 0 saturated carbocycles. The molecular formula is C10H16I2O4. The molecule has 0 bridgehead atoms. The van der Waals surface area contributed by atoms with E-state index in [-0.39, 0.29) is 0 Å². The van der Waals surface area contributed by atoms with E-state index in [1.165, 1.54) is 0 Å². The first-order valence-corrected chi connectivity index (χ1v) is 7.45. The second kappa shape index (κ2) is 7.67. The van der Waals surface area contributed by atoms with Gasteiger partial charge in [0.2, 0.25) is 0 Å². The Morgan fingerprint density at radius 2 is 1.94 bits per heavy atom. The maximum absolute atomic E-state index is 11.9. The van der Waals surface area contributed by atoms with Gasteiger partial charge in [0.15, 0.2) is 0 Å². The lowest BCUT2D eigenvalue weighted by Crippen LogP contribution is -2.45. The van der Waals surface area contributed by atoms with Crippen molar-refractivity contribution in [1.82, 2.24) is 0 Å². The molecular weight excluding hydrogens is 438 g/mol. The molecule has 0 aromatic carbocycles. The van der Waals surface area contributed by atoms with Crippen LogP contribution in [-0.4, -0.2) is 31.0 Å². The number of esters is 1. The van der Waals surface area contributed by atoms with E-state index in [4.69, 9.17) is 9.84 Å². The molecule has 0 rings (SSSR count). The molecule has 0 aliphatic heterocycles. The highest BCUT2D eigenvalue weighted by Crippen LogP contribution is 2.35. The van der Waals surface area contributed by atoms with E-state index in [1.54, 1.807) is 22.6 Å². The van der Waals surface area contributed by atoms with E-state index in [0.717, 1.165) is 12.8 Å². The second-order valence-corrected chi connectivity index (χ2v) is 6.62. The van der Waals surface area contributed by atoms with Gasteiger partial charge in [0.1, 0.15) is 7.35 Å². The average molecular weight is 454 g/mol. The molecule has 1 N–H and O–H groups in total. The minimum Gasteiger partial charge on any atom is -0.480 e. The van der Waals surface area contributed by atoms with Gasteiger partial charge in [-0.05, 0) is 12.8 Å². The minimum atomic E-state index is -0.975. The van der Waals surface area contributed by atoms with Crippen LogP contribution in [0.4, 0.5) is 0 Å². The number of carbonyl (C=O) groups is 2. The molecule has 94 valence electrons. The van der Waals surface area contributed by atoms with E-state index < -0.39 is 19.3 Å². The molecule has 0 radical (unpaired) electrons. The molecule has 0 fully saturated rings. The number of aliphatic carboxylic acids is 1. The maximum atomic E-state index is 11.9. The van der Waals surface area contributed by atoms with Crippen LogP contribution in [0.2, 0.25) is 0 Å². The zero-order valence-corrected chi connectivity index (χ0v) is 13.6. The number of carbonyl (C=O) groups excluding carboxylic acids is 1. The average Bonchev–Trinajstić information content (AvgIpc) is 2.24. The summed E-state index contributed by atoms with van der Waals surface area (Å²) in [5.74, 6) is -1.39. The van der Waals surface area contributed by atoms with E-state index in [1.807, 2.05) is 36.4 Å². The molecule has 0 aliphatic rings. The Bertz CT molecular complexity index is 257. The lowest BCUT2D eigenvalue weighted by molar-refractivity contribution is -0.149. The number of alkyl halides is 2. The monoisotopic (exact) mass is 454 g/mol. The fourth-order valence-electron chi connectivity index (χ4n) is 1.21. The first-order valence-electron chi connectivity index (χ1n) is 5.13. The Hall–Kier alpha value is 0.400. The maximum Gasteiger partial charge on any atom is 0.323 e. The number of carboxylic acid groups (broad SMARTS) is 1. The van der Waals surface area contributed by atoms with Crippen molar-refractivity contribution < 1.29 is 19.4 Å². The summed E-state index contributed by atoms with van der Waals surface area (Å²) in [6.45, 7) is 4.17. The summed E-state index contributed by atoms with van der Waals surface area (Å²) in [5.41, 5.74) is 0. The molecule has 0 amide bonds. The molecule has 0 aliphatic carbocycles. The van der Waals surface area contributed by atoms with Crippen molar-refractivity contribution in [1.29, 1.82) is 0 Å². The van der Waals surface area contributed by atoms with E-state index in [9.17, 15) is 9.59 Å². The van der Waals surface area contributed by atoms with Gasteiger partial charge in [-0.2, -0.15) is 0 Å². The van der Waals surface area contributed by atoms with Crippen LogP contribution in [0.15, 0.2) is 0 Å². The van der Waals surface area contributed by atoms with Gasteiger partial charge in [0.05, 0.1) is 6.61 Å². The SMILES string of the molecule is CCCOC(=O)C(I)(CCC)C(I)C(=O)O. The molecule has 0 spiro atoms. The van der Waals surface area contributed by atoms with Crippen LogP contribution in [0.1, 0.15) is 33.1 Å². The zero-order valence-electron chi connectivity index (χ0n) is 9.33. The summed E-state index contributed by atoms with van der Waals surface area (Å²) < 4.78 is 3.33. The van der Waals surface area contributed by atoms with Crippen LogP contribution in [0.5, 0.6) is 0 Å². The third kappa shape index (κ3) is 4.34. The molecule has 6 heteroatoms. The Balaban J connectivity index is 4.79. The van der Waals surface area contributed by atoms with Gasteiger partial charge >= 0.3 is 11.9 Å². The number of ether oxygens (including phenoxy) is 1. The van der Waals surface area contributed by atoms with Crippen LogP contribution < -0.4 is 0 Å². The third-order valence-electron chi connectivity index (χ3n) is 2.01. The molecule has 2 unspecified atom stereocenters. The quantitative estimate of drug-likeness (QED) is 0.366. The fraction of sp³-hybridized carbons (Fsp3) is 0.800. The van der Waals surface area contributed by atoms with Crippen molar-refractivity contribution in [2.75, 3.05) is 6.61 Å². The first kappa shape index (κ1) is 16.4. The summed E-state index contributed by atoms with van der Waals surface area (Å²) in [6, 6.07) is 0. The normalized spacial score (nSPS) is 16.2. The highest BCUT2D eigenvalue weighted by atomic mass is 127. The van der Waals surface area contributed by atoms with Gasteiger partial charge in [-0.25, -0.2) is 0 Å².